The summed E-state index contributed by atoms with van der Waals surface area (Å²) in [7, 11) is 1.92. The molecule has 0 N–H and O–H groups in total. The fourth-order valence-electron chi connectivity index (χ4n) is 3.63. The second-order valence-corrected chi connectivity index (χ2v) is 7.18. The van der Waals surface area contributed by atoms with Gasteiger partial charge < -0.3 is 18.9 Å². The lowest BCUT2D eigenvalue weighted by atomic mass is 10.1. The number of ether oxygens (including phenoxy) is 2. The largest absolute Gasteiger partial charge is 0.454 e. The molecule has 1 aliphatic rings. The van der Waals surface area contributed by atoms with Crippen LogP contribution in [0.5, 0.6) is 11.5 Å². The molecule has 2 aromatic heterocycles. The van der Waals surface area contributed by atoms with Crippen molar-refractivity contribution >= 4 is 16.8 Å². The molecular formula is C23H20N4O3. The van der Waals surface area contributed by atoms with Gasteiger partial charge in [-0.2, -0.15) is 0 Å². The summed E-state index contributed by atoms with van der Waals surface area (Å²) in [6.45, 7) is 1.00. The van der Waals surface area contributed by atoms with Crippen LogP contribution < -0.4 is 9.47 Å². The molecule has 3 heterocycles. The SMILES string of the molecule is Cn1ccnc1CN(Cc1ccc2c(c1)OCO2)C(=O)c1cccc2cccnc12. The molecule has 0 radical (unpaired) electrons. The van der Waals surface area contributed by atoms with E-state index in [1.165, 1.54) is 0 Å². The van der Waals surface area contributed by atoms with Crippen molar-refractivity contribution in [2.75, 3.05) is 6.79 Å². The standard InChI is InChI=1S/C23H20N4O3/c1-26-11-10-24-21(26)14-27(13-16-7-8-19-20(12-16)30-15-29-19)23(28)18-6-2-4-17-5-3-9-25-22(17)18/h2-12H,13-15H2,1H3. The highest BCUT2D eigenvalue weighted by atomic mass is 16.7. The number of pyridine rings is 1. The Morgan fingerprint density at radius 2 is 1.90 bits per heavy atom. The number of imidazole rings is 1. The molecule has 2 aromatic carbocycles. The van der Waals surface area contributed by atoms with Crippen molar-refractivity contribution in [3.63, 3.8) is 0 Å². The topological polar surface area (TPSA) is 69.5 Å². The Balaban J connectivity index is 1.51. The maximum atomic E-state index is 13.6. The van der Waals surface area contributed by atoms with Crippen LogP contribution >= 0.6 is 0 Å². The third-order valence-electron chi connectivity index (χ3n) is 5.21. The number of fused-ring (bicyclic) bond motifs is 2. The summed E-state index contributed by atoms with van der Waals surface area (Å²) in [4.78, 5) is 24.3. The molecule has 0 atom stereocenters. The van der Waals surface area contributed by atoms with Crippen molar-refractivity contribution in [2.24, 2.45) is 7.05 Å². The summed E-state index contributed by atoms with van der Waals surface area (Å²) in [6, 6.07) is 15.2. The van der Waals surface area contributed by atoms with Gasteiger partial charge >= 0.3 is 0 Å². The van der Waals surface area contributed by atoms with Crippen molar-refractivity contribution in [1.82, 2.24) is 19.4 Å². The molecule has 4 aromatic rings. The molecule has 0 unspecified atom stereocenters. The average molecular weight is 400 g/mol. The van der Waals surface area contributed by atoms with Gasteiger partial charge in [0.15, 0.2) is 11.5 Å². The Bertz CT molecular complexity index is 1230. The molecule has 30 heavy (non-hydrogen) atoms. The lowest BCUT2D eigenvalue weighted by Crippen LogP contribution is -2.31. The first kappa shape index (κ1) is 18.2. The average Bonchev–Trinajstić information content (AvgIpc) is 3.41. The number of hydrogen-bond acceptors (Lipinski definition) is 5. The van der Waals surface area contributed by atoms with E-state index in [4.69, 9.17) is 9.47 Å². The Hall–Kier alpha value is -3.87. The van der Waals surface area contributed by atoms with E-state index >= 15 is 0 Å². The van der Waals surface area contributed by atoms with Crippen molar-refractivity contribution in [1.29, 1.82) is 0 Å². The minimum absolute atomic E-state index is 0.0973. The van der Waals surface area contributed by atoms with E-state index in [-0.39, 0.29) is 12.7 Å². The maximum absolute atomic E-state index is 13.6. The molecule has 150 valence electrons. The molecule has 0 aliphatic carbocycles. The number of nitrogens with zero attached hydrogens (tertiary/aromatic N) is 4. The quantitative estimate of drug-likeness (QED) is 0.513. The third-order valence-corrected chi connectivity index (χ3v) is 5.21. The van der Waals surface area contributed by atoms with Crippen LogP contribution in [0, 0.1) is 0 Å². The fourth-order valence-corrected chi connectivity index (χ4v) is 3.63. The van der Waals surface area contributed by atoms with E-state index in [1.54, 1.807) is 17.3 Å². The maximum Gasteiger partial charge on any atom is 0.256 e. The van der Waals surface area contributed by atoms with Crippen LogP contribution in [-0.2, 0) is 20.1 Å². The second kappa shape index (κ2) is 7.51. The zero-order valence-electron chi connectivity index (χ0n) is 16.5. The van der Waals surface area contributed by atoms with Crippen LogP contribution in [0.2, 0.25) is 0 Å². The van der Waals surface area contributed by atoms with Gasteiger partial charge in [0.25, 0.3) is 5.91 Å². The summed E-state index contributed by atoms with van der Waals surface area (Å²) in [5, 5.41) is 0.934. The van der Waals surface area contributed by atoms with Gasteiger partial charge in [-0.25, -0.2) is 4.98 Å². The van der Waals surface area contributed by atoms with Gasteiger partial charge in [-0.1, -0.05) is 24.3 Å². The molecule has 0 saturated heterocycles. The predicted molar refractivity (Wildman–Crippen MR) is 111 cm³/mol. The van der Waals surface area contributed by atoms with Crippen LogP contribution in [-0.4, -0.2) is 32.1 Å². The number of aryl methyl sites for hydroxylation is 1. The third kappa shape index (κ3) is 3.34. The lowest BCUT2D eigenvalue weighted by Gasteiger charge is -2.23. The summed E-state index contributed by atoms with van der Waals surface area (Å²) in [5.74, 6) is 2.12. The number of para-hydroxylation sites is 1. The van der Waals surface area contributed by atoms with Crippen LogP contribution in [0.4, 0.5) is 0 Å². The number of aromatic nitrogens is 3. The van der Waals surface area contributed by atoms with Crippen LogP contribution in [0.25, 0.3) is 10.9 Å². The van der Waals surface area contributed by atoms with Crippen molar-refractivity contribution in [2.45, 2.75) is 13.1 Å². The lowest BCUT2D eigenvalue weighted by molar-refractivity contribution is 0.0725. The molecule has 0 bridgehead atoms. The van der Waals surface area contributed by atoms with Gasteiger partial charge in [0.1, 0.15) is 5.82 Å². The highest BCUT2D eigenvalue weighted by Gasteiger charge is 2.22. The molecule has 0 fully saturated rings. The number of hydrogen-bond donors (Lipinski definition) is 0. The Kier molecular flexibility index (Phi) is 4.55. The smallest absolute Gasteiger partial charge is 0.256 e. The molecular weight excluding hydrogens is 380 g/mol. The van der Waals surface area contributed by atoms with Crippen LogP contribution in [0.1, 0.15) is 21.7 Å². The normalized spacial score (nSPS) is 12.3. The van der Waals surface area contributed by atoms with E-state index in [1.807, 2.05) is 66.3 Å². The number of benzene rings is 2. The van der Waals surface area contributed by atoms with Crippen LogP contribution in [0.3, 0.4) is 0 Å². The predicted octanol–water partition coefficient (Wildman–Crippen LogP) is 3.54. The summed E-state index contributed by atoms with van der Waals surface area (Å²) in [5.41, 5.74) is 2.22. The van der Waals surface area contributed by atoms with Gasteiger partial charge in [0, 0.05) is 37.6 Å². The van der Waals surface area contributed by atoms with Gasteiger partial charge in [-0.05, 0) is 29.8 Å². The molecule has 0 spiro atoms. The highest BCUT2D eigenvalue weighted by Crippen LogP contribution is 2.33. The van der Waals surface area contributed by atoms with Crippen molar-refractivity contribution < 1.29 is 14.3 Å². The molecule has 5 rings (SSSR count). The van der Waals surface area contributed by atoms with E-state index in [0.717, 1.165) is 22.5 Å². The Labute approximate surface area is 173 Å². The van der Waals surface area contributed by atoms with Gasteiger partial charge in [-0.15, -0.1) is 0 Å². The zero-order valence-corrected chi connectivity index (χ0v) is 16.5. The minimum atomic E-state index is -0.0973. The Morgan fingerprint density at radius 3 is 2.77 bits per heavy atom. The van der Waals surface area contributed by atoms with Crippen molar-refractivity contribution in [3.8, 4) is 11.5 Å². The minimum Gasteiger partial charge on any atom is -0.454 e. The summed E-state index contributed by atoms with van der Waals surface area (Å²) < 4.78 is 12.8. The molecule has 1 aliphatic heterocycles. The number of amides is 1. The first-order chi connectivity index (χ1) is 14.7. The van der Waals surface area contributed by atoms with Crippen LogP contribution in [0.15, 0.2) is 67.1 Å². The monoisotopic (exact) mass is 400 g/mol. The zero-order chi connectivity index (χ0) is 20.5. The summed E-state index contributed by atoms with van der Waals surface area (Å²) >= 11 is 0. The van der Waals surface area contributed by atoms with Crippen molar-refractivity contribution in [3.05, 3.63) is 84.1 Å². The highest BCUT2D eigenvalue weighted by molar-refractivity contribution is 6.05. The number of carbonyl (C=O) groups excluding carboxylic acids is 1. The first-order valence-corrected chi connectivity index (χ1v) is 9.67. The molecule has 7 heteroatoms. The van der Waals surface area contributed by atoms with Gasteiger partial charge in [0.2, 0.25) is 6.79 Å². The van der Waals surface area contributed by atoms with E-state index in [0.29, 0.717) is 29.9 Å². The molecule has 1 amide bonds. The van der Waals surface area contributed by atoms with Gasteiger partial charge in [0.05, 0.1) is 17.6 Å². The molecule has 0 saturated carbocycles. The second-order valence-electron chi connectivity index (χ2n) is 7.18. The van der Waals surface area contributed by atoms with E-state index < -0.39 is 0 Å². The Morgan fingerprint density at radius 1 is 1.03 bits per heavy atom. The number of rotatable bonds is 5. The number of carbonyl (C=O) groups is 1. The fraction of sp³-hybridized carbons (Fsp3) is 0.174. The first-order valence-electron chi connectivity index (χ1n) is 9.67. The summed E-state index contributed by atoms with van der Waals surface area (Å²) in [6.07, 6.45) is 5.32. The van der Waals surface area contributed by atoms with Gasteiger partial charge in [-0.3, -0.25) is 9.78 Å². The van der Waals surface area contributed by atoms with E-state index in [9.17, 15) is 4.79 Å². The van der Waals surface area contributed by atoms with E-state index in [2.05, 4.69) is 9.97 Å². The molecule has 7 nitrogen and oxygen atoms in total.